The summed E-state index contributed by atoms with van der Waals surface area (Å²) in [5.74, 6) is 5.64. The number of hydrazine groups is 1. The molecule has 2 aliphatic carbocycles. The number of aryl methyl sites for hydroxylation is 1. The Bertz CT molecular complexity index is 1290. The first-order valence-corrected chi connectivity index (χ1v) is 13.4. The van der Waals surface area contributed by atoms with Crippen molar-refractivity contribution in [3.8, 4) is 16.8 Å². The molecule has 1 aromatic heterocycles. The zero-order valence-electron chi connectivity index (χ0n) is 21.5. The van der Waals surface area contributed by atoms with E-state index in [1.54, 1.807) is 17.9 Å². The summed E-state index contributed by atoms with van der Waals surface area (Å²) in [6.45, 7) is 0. The van der Waals surface area contributed by atoms with E-state index in [0.29, 0.717) is 11.4 Å². The van der Waals surface area contributed by atoms with Crippen LogP contribution in [0, 0.1) is 11.8 Å². The fourth-order valence-electron chi connectivity index (χ4n) is 5.85. The third kappa shape index (κ3) is 5.72. The first kappa shape index (κ1) is 25.1. The number of allylic oxidation sites excluding steroid dienone is 1. The Morgan fingerprint density at radius 1 is 1.14 bits per heavy atom. The van der Waals surface area contributed by atoms with Crippen molar-refractivity contribution in [3.05, 3.63) is 83.4 Å². The summed E-state index contributed by atoms with van der Waals surface area (Å²) >= 11 is 0. The highest BCUT2D eigenvalue weighted by atomic mass is 16.4. The van der Waals surface area contributed by atoms with Crippen molar-refractivity contribution in [2.75, 3.05) is 7.05 Å². The zero-order chi connectivity index (χ0) is 25.9. The monoisotopic (exact) mass is 499 g/mol. The number of rotatable bonds is 9. The normalized spacial score (nSPS) is 20.1. The number of carboxylic acids is 1. The molecule has 1 heterocycles. The second kappa shape index (κ2) is 10.8. The number of hydrogen-bond donors (Lipinski definition) is 3. The fourth-order valence-corrected chi connectivity index (χ4v) is 5.85. The molecular weight excluding hydrogens is 462 g/mol. The van der Waals surface area contributed by atoms with Gasteiger partial charge < -0.3 is 15.8 Å². The van der Waals surface area contributed by atoms with E-state index in [9.17, 15) is 9.90 Å². The predicted octanol–water partition coefficient (Wildman–Crippen LogP) is 5.46. The van der Waals surface area contributed by atoms with E-state index < -0.39 is 5.97 Å². The van der Waals surface area contributed by atoms with Gasteiger partial charge in [0.2, 0.25) is 0 Å². The largest absolute Gasteiger partial charge is 0.478 e. The summed E-state index contributed by atoms with van der Waals surface area (Å²) in [4.78, 5) is 12.0. The molecule has 0 spiro atoms. The van der Waals surface area contributed by atoms with Gasteiger partial charge in [0.05, 0.1) is 17.6 Å². The van der Waals surface area contributed by atoms with Crippen LogP contribution in [0.15, 0.2) is 66.6 Å². The lowest BCUT2D eigenvalue weighted by Crippen LogP contribution is -2.21. The van der Waals surface area contributed by atoms with Gasteiger partial charge in [0, 0.05) is 30.8 Å². The molecule has 7 heteroatoms. The number of carboxylic acid groups (broad SMARTS) is 1. The summed E-state index contributed by atoms with van der Waals surface area (Å²) in [7, 11) is 1.72. The van der Waals surface area contributed by atoms with Gasteiger partial charge in [-0.3, -0.25) is 0 Å². The van der Waals surface area contributed by atoms with Gasteiger partial charge in [-0.2, -0.15) is 5.10 Å². The number of nitrogens with two attached hydrogens (primary N) is 2. The van der Waals surface area contributed by atoms with Crippen molar-refractivity contribution in [3.63, 3.8) is 0 Å². The van der Waals surface area contributed by atoms with Crippen LogP contribution in [-0.2, 0) is 6.42 Å². The fraction of sp³-hybridized carbons (Fsp3) is 0.400. The lowest BCUT2D eigenvalue weighted by atomic mass is 9.85. The van der Waals surface area contributed by atoms with Gasteiger partial charge in [-0.15, -0.1) is 0 Å². The molecule has 2 atom stereocenters. The second-order valence-corrected chi connectivity index (χ2v) is 10.7. The number of aromatic carboxylic acids is 1. The zero-order valence-corrected chi connectivity index (χ0v) is 21.5. The molecule has 0 amide bonds. The van der Waals surface area contributed by atoms with Gasteiger partial charge in [0.15, 0.2) is 0 Å². The smallest absolute Gasteiger partial charge is 0.339 e. The van der Waals surface area contributed by atoms with E-state index in [4.69, 9.17) is 11.6 Å². The minimum atomic E-state index is -0.979. The van der Waals surface area contributed by atoms with Crippen molar-refractivity contribution < 1.29 is 9.90 Å². The quantitative estimate of drug-likeness (QED) is 0.266. The third-order valence-electron chi connectivity index (χ3n) is 7.88. The van der Waals surface area contributed by atoms with E-state index in [0.717, 1.165) is 35.6 Å². The van der Waals surface area contributed by atoms with E-state index in [-0.39, 0.29) is 17.4 Å². The predicted molar refractivity (Wildman–Crippen MR) is 146 cm³/mol. The first-order chi connectivity index (χ1) is 17.9. The van der Waals surface area contributed by atoms with Crippen molar-refractivity contribution in [2.24, 2.45) is 23.4 Å². The van der Waals surface area contributed by atoms with Crippen LogP contribution in [0.2, 0.25) is 0 Å². The number of carbonyl (C=O) groups is 1. The summed E-state index contributed by atoms with van der Waals surface area (Å²) in [6, 6.07) is 17.0. The van der Waals surface area contributed by atoms with Crippen molar-refractivity contribution in [1.82, 2.24) is 14.8 Å². The van der Waals surface area contributed by atoms with Gasteiger partial charge in [0.25, 0.3) is 0 Å². The summed E-state index contributed by atoms with van der Waals surface area (Å²) < 4.78 is 1.77. The number of hydrogen-bond acceptors (Lipinski definition) is 5. The highest BCUT2D eigenvalue weighted by molar-refractivity contribution is 5.89. The van der Waals surface area contributed by atoms with Crippen molar-refractivity contribution in [1.29, 1.82) is 0 Å². The minimum Gasteiger partial charge on any atom is -0.478 e. The Morgan fingerprint density at radius 3 is 2.59 bits per heavy atom. The Morgan fingerprint density at radius 2 is 1.86 bits per heavy atom. The molecule has 2 saturated carbocycles. The van der Waals surface area contributed by atoms with Crippen LogP contribution in [0.5, 0.6) is 0 Å². The maximum absolute atomic E-state index is 12.0. The van der Waals surface area contributed by atoms with Crippen LogP contribution >= 0.6 is 0 Å². The lowest BCUT2D eigenvalue weighted by Gasteiger charge is -2.21. The molecule has 37 heavy (non-hydrogen) atoms. The molecular formula is C30H37N5O2. The van der Waals surface area contributed by atoms with Crippen molar-refractivity contribution >= 4 is 5.97 Å². The van der Waals surface area contributed by atoms with Crippen LogP contribution in [0.3, 0.4) is 0 Å². The molecule has 2 aromatic carbocycles. The van der Waals surface area contributed by atoms with Crippen LogP contribution in [-0.4, -0.2) is 32.9 Å². The van der Waals surface area contributed by atoms with Crippen LogP contribution in [0.1, 0.15) is 72.5 Å². The average Bonchev–Trinajstić information content (AvgIpc) is 3.57. The molecule has 0 saturated heterocycles. The Balaban J connectivity index is 1.40. The molecule has 2 fully saturated rings. The third-order valence-corrected chi connectivity index (χ3v) is 7.88. The maximum atomic E-state index is 12.0. The SMILES string of the molecule is CN(N)/C=C(\N)C1C[C@H]1c1c(C(=O)O)cnn1-c1cccc(-c2cccc(CCC3CCCCC3)c2)c1. The van der Waals surface area contributed by atoms with E-state index in [2.05, 4.69) is 41.5 Å². The highest BCUT2D eigenvalue weighted by Crippen LogP contribution is 2.51. The van der Waals surface area contributed by atoms with Crippen LogP contribution in [0.25, 0.3) is 16.8 Å². The molecule has 0 bridgehead atoms. The molecule has 3 aromatic rings. The molecule has 7 nitrogen and oxygen atoms in total. The summed E-state index contributed by atoms with van der Waals surface area (Å²) in [5, 5.41) is 15.8. The van der Waals surface area contributed by atoms with Crippen molar-refractivity contribution in [2.45, 2.75) is 57.3 Å². The molecule has 0 aliphatic heterocycles. The molecule has 5 N–H and O–H groups in total. The Labute approximate surface area is 218 Å². The first-order valence-electron chi connectivity index (χ1n) is 13.4. The average molecular weight is 500 g/mol. The van der Waals surface area contributed by atoms with E-state index in [1.807, 2.05) is 12.1 Å². The van der Waals surface area contributed by atoms with Gasteiger partial charge in [-0.05, 0) is 54.0 Å². The van der Waals surface area contributed by atoms with Crippen LogP contribution < -0.4 is 11.6 Å². The Kier molecular flexibility index (Phi) is 7.33. The van der Waals surface area contributed by atoms with E-state index in [1.165, 1.54) is 55.3 Å². The standard InChI is InChI=1S/C30H37N5O2/c1-34(32)19-28(31)25-17-26(25)29-27(30(36)37)18-33-35(29)24-12-6-11-23(16-24)22-10-5-9-21(15-22)14-13-20-7-3-2-4-8-20/h5-6,9-12,15-16,18-20,25-26H,2-4,7-8,13-14,17,31-32H2,1H3,(H,36,37)/b28-19-/t25?,26-/m1/s1. The number of benzene rings is 2. The lowest BCUT2D eigenvalue weighted by molar-refractivity contribution is 0.0695. The number of aromatic nitrogens is 2. The molecule has 1 unspecified atom stereocenters. The summed E-state index contributed by atoms with van der Waals surface area (Å²) in [6.07, 6.45) is 13.2. The number of nitrogens with zero attached hydrogens (tertiary/aromatic N) is 3. The Hall–Kier alpha value is -3.58. The second-order valence-electron chi connectivity index (χ2n) is 10.7. The molecule has 0 radical (unpaired) electrons. The minimum absolute atomic E-state index is 0.0171. The van der Waals surface area contributed by atoms with Gasteiger partial charge >= 0.3 is 5.97 Å². The van der Waals surface area contributed by atoms with Gasteiger partial charge in [-0.25, -0.2) is 15.3 Å². The molecule has 5 rings (SSSR count). The van der Waals surface area contributed by atoms with Crippen LogP contribution in [0.4, 0.5) is 0 Å². The maximum Gasteiger partial charge on any atom is 0.339 e. The summed E-state index contributed by atoms with van der Waals surface area (Å²) in [5.41, 5.74) is 12.3. The van der Waals surface area contributed by atoms with Gasteiger partial charge in [-0.1, -0.05) is 68.5 Å². The highest BCUT2D eigenvalue weighted by Gasteiger charge is 2.45. The van der Waals surface area contributed by atoms with E-state index >= 15 is 0 Å². The molecule has 2 aliphatic rings. The molecule has 194 valence electrons. The van der Waals surface area contributed by atoms with Gasteiger partial charge in [0.1, 0.15) is 5.56 Å². The topological polar surface area (TPSA) is 110 Å².